The van der Waals surface area contributed by atoms with Gasteiger partial charge in [-0.2, -0.15) is 0 Å². The highest BCUT2D eigenvalue weighted by Gasteiger charge is 2.26. The molecule has 1 aliphatic rings. The van der Waals surface area contributed by atoms with Crippen LogP contribution in [-0.4, -0.2) is 29.4 Å². The van der Waals surface area contributed by atoms with Crippen molar-refractivity contribution in [2.24, 2.45) is 5.92 Å². The molecule has 4 rings (SSSR count). The summed E-state index contributed by atoms with van der Waals surface area (Å²) >= 11 is 2.71. The second-order valence-corrected chi connectivity index (χ2v) is 8.93. The zero-order chi connectivity index (χ0) is 20.4. The van der Waals surface area contributed by atoms with E-state index in [1.54, 1.807) is 6.07 Å². The van der Waals surface area contributed by atoms with E-state index in [1.807, 2.05) is 42.8 Å². The Morgan fingerprint density at radius 2 is 2.07 bits per heavy atom. The van der Waals surface area contributed by atoms with E-state index in [0.717, 1.165) is 23.4 Å². The van der Waals surface area contributed by atoms with Crippen LogP contribution in [0.1, 0.15) is 29.1 Å². The molecule has 0 bridgehead atoms. The fraction of sp³-hybridized carbons (Fsp3) is 0.286. The van der Waals surface area contributed by atoms with E-state index in [0.29, 0.717) is 16.6 Å². The van der Waals surface area contributed by atoms with E-state index in [9.17, 15) is 9.59 Å². The molecule has 0 spiro atoms. The molecule has 2 aromatic heterocycles. The summed E-state index contributed by atoms with van der Waals surface area (Å²) < 4.78 is 5.55. The number of nitrogens with one attached hydrogen (secondary N) is 2. The van der Waals surface area contributed by atoms with E-state index in [-0.39, 0.29) is 17.7 Å². The molecule has 3 aromatic rings. The van der Waals surface area contributed by atoms with Gasteiger partial charge in [0, 0.05) is 17.4 Å². The fourth-order valence-electron chi connectivity index (χ4n) is 3.15. The van der Waals surface area contributed by atoms with Crippen LogP contribution in [0.5, 0.6) is 5.75 Å². The van der Waals surface area contributed by atoms with Crippen LogP contribution < -0.4 is 15.4 Å². The molecule has 0 radical (unpaired) electrons. The number of carbonyl (C=O) groups is 2. The second kappa shape index (κ2) is 8.34. The highest BCUT2D eigenvalue weighted by atomic mass is 32.1. The minimum atomic E-state index is -0.644. The average Bonchev–Trinajstić information content (AvgIpc) is 3.46. The molecule has 1 atom stereocenters. The molecular formula is C21H21N3O3S2. The first-order chi connectivity index (χ1) is 14.0. The maximum atomic E-state index is 12.8. The van der Waals surface area contributed by atoms with Crippen LogP contribution in [0.3, 0.4) is 0 Å². The predicted molar refractivity (Wildman–Crippen MR) is 116 cm³/mol. The van der Waals surface area contributed by atoms with Crippen molar-refractivity contribution in [2.45, 2.75) is 26.3 Å². The number of benzene rings is 1. The molecule has 8 heteroatoms. The lowest BCUT2D eigenvalue weighted by Crippen LogP contribution is -2.46. The van der Waals surface area contributed by atoms with Crippen molar-refractivity contribution >= 4 is 39.6 Å². The molecule has 2 N–H and O–H groups in total. The Kier molecular flexibility index (Phi) is 5.64. The molecule has 6 nitrogen and oxygen atoms in total. The molecule has 2 amide bonds. The highest BCUT2D eigenvalue weighted by Crippen LogP contribution is 2.32. The number of hydrogen-bond acceptors (Lipinski definition) is 6. The van der Waals surface area contributed by atoms with Gasteiger partial charge in [0.15, 0.2) is 5.13 Å². The topological polar surface area (TPSA) is 80.3 Å². The summed E-state index contributed by atoms with van der Waals surface area (Å²) in [5, 5.41) is 9.94. The van der Waals surface area contributed by atoms with Crippen LogP contribution in [0, 0.1) is 5.92 Å². The van der Waals surface area contributed by atoms with Crippen molar-refractivity contribution in [3.63, 3.8) is 0 Å². The fourth-order valence-corrected chi connectivity index (χ4v) is 4.50. The smallest absolute Gasteiger partial charge is 0.262 e. The maximum Gasteiger partial charge on any atom is 0.262 e. The third kappa shape index (κ3) is 4.33. The zero-order valence-corrected chi connectivity index (χ0v) is 17.7. The molecule has 1 unspecified atom stereocenters. The van der Waals surface area contributed by atoms with Gasteiger partial charge >= 0.3 is 0 Å². The van der Waals surface area contributed by atoms with Gasteiger partial charge in [-0.05, 0) is 41.1 Å². The van der Waals surface area contributed by atoms with Gasteiger partial charge in [0.05, 0.1) is 17.2 Å². The van der Waals surface area contributed by atoms with Crippen molar-refractivity contribution in [3.8, 4) is 17.0 Å². The van der Waals surface area contributed by atoms with Gasteiger partial charge in [0.2, 0.25) is 5.91 Å². The lowest BCUT2D eigenvalue weighted by molar-refractivity contribution is -0.118. The maximum absolute atomic E-state index is 12.8. The van der Waals surface area contributed by atoms with Crippen LogP contribution in [0.15, 0.2) is 41.1 Å². The average molecular weight is 428 g/mol. The predicted octanol–water partition coefficient (Wildman–Crippen LogP) is 4.20. The molecular weight excluding hydrogens is 406 g/mol. The van der Waals surface area contributed by atoms with Crippen LogP contribution in [0.25, 0.3) is 11.3 Å². The Labute approximate surface area is 176 Å². The second-order valence-electron chi connectivity index (χ2n) is 7.12. The van der Waals surface area contributed by atoms with Crippen molar-refractivity contribution in [1.29, 1.82) is 0 Å². The van der Waals surface area contributed by atoms with Crippen LogP contribution >= 0.6 is 22.7 Å². The highest BCUT2D eigenvalue weighted by molar-refractivity contribution is 7.14. The summed E-state index contributed by atoms with van der Waals surface area (Å²) in [5.41, 5.74) is 2.98. The number of amides is 2. The Morgan fingerprint density at radius 3 is 2.83 bits per heavy atom. The van der Waals surface area contributed by atoms with E-state index >= 15 is 0 Å². The number of nitrogens with zero attached hydrogens (tertiary/aromatic N) is 1. The Bertz CT molecular complexity index is 1030. The largest absolute Gasteiger partial charge is 0.493 e. The number of carbonyl (C=O) groups excluding carboxylic acids is 2. The molecule has 1 aromatic carbocycles. The first-order valence-electron chi connectivity index (χ1n) is 9.38. The summed E-state index contributed by atoms with van der Waals surface area (Å²) in [7, 11) is 0. The summed E-state index contributed by atoms with van der Waals surface area (Å²) in [4.78, 5) is 30.3. The van der Waals surface area contributed by atoms with E-state index in [2.05, 4.69) is 21.7 Å². The number of anilines is 1. The molecule has 0 saturated carbocycles. The van der Waals surface area contributed by atoms with Crippen molar-refractivity contribution in [1.82, 2.24) is 10.3 Å². The summed E-state index contributed by atoms with van der Waals surface area (Å²) in [6.07, 6.45) is 0.900. The van der Waals surface area contributed by atoms with Gasteiger partial charge in [0.25, 0.3) is 5.91 Å². The molecule has 0 aliphatic carbocycles. The zero-order valence-electron chi connectivity index (χ0n) is 16.1. The SMILES string of the molecule is CC(C)C(NC(=O)c1cccs1)C(=O)Nc1nc(-c2ccc3c(c2)CCO3)cs1. The van der Waals surface area contributed by atoms with Crippen molar-refractivity contribution in [3.05, 3.63) is 51.5 Å². The van der Waals surface area contributed by atoms with E-state index in [1.165, 1.54) is 28.2 Å². The van der Waals surface area contributed by atoms with Crippen LogP contribution in [0.2, 0.25) is 0 Å². The van der Waals surface area contributed by atoms with Crippen LogP contribution in [0.4, 0.5) is 5.13 Å². The monoisotopic (exact) mass is 427 g/mol. The third-order valence-electron chi connectivity index (χ3n) is 4.70. The number of rotatable bonds is 6. The summed E-state index contributed by atoms with van der Waals surface area (Å²) in [6.45, 7) is 4.52. The minimum Gasteiger partial charge on any atom is -0.493 e. The van der Waals surface area contributed by atoms with Gasteiger partial charge in [-0.1, -0.05) is 19.9 Å². The van der Waals surface area contributed by atoms with Crippen molar-refractivity contribution in [2.75, 3.05) is 11.9 Å². The number of aromatic nitrogens is 1. The number of ether oxygens (including phenoxy) is 1. The Morgan fingerprint density at radius 1 is 1.21 bits per heavy atom. The van der Waals surface area contributed by atoms with Gasteiger partial charge < -0.3 is 15.4 Å². The molecule has 0 saturated heterocycles. The van der Waals surface area contributed by atoms with Gasteiger partial charge in [0.1, 0.15) is 11.8 Å². The Hall–Kier alpha value is -2.71. The Balaban J connectivity index is 1.45. The minimum absolute atomic E-state index is 0.0601. The first kappa shape index (κ1) is 19.6. The van der Waals surface area contributed by atoms with E-state index < -0.39 is 6.04 Å². The van der Waals surface area contributed by atoms with Gasteiger partial charge in [-0.3, -0.25) is 9.59 Å². The molecule has 3 heterocycles. The lowest BCUT2D eigenvalue weighted by atomic mass is 10.0. The normalized spacial score (nSPS) is 13.6. The molecule has 0 fully saturated rings. The number of fused-ring (bicyclic) bond motifs is 1. The lowest BCUT2D eigenvalue weighted by Gasteiger charge is -2.20. The van der Waals surface area contributed by atoms with Crippen LogP contribution in [-0.2, 0) is 11.2 Å². The summed E-state index contributed by atoms with van der Waals surface area (Å²) in [5.74, 6) is 0.357. The van der Waals surface area contributed by atoms with E-state index in [4.69, 9.17) is 4.74 Å². The summed E-state index contributed by atoms with van der Waals surface area (Å²) in [6, 6.07) is 8.93. The quantitative estimate of drug-likeness (QED) is 0.618. The molecule has 1 aliphatic heterocycles. The number of hydrogen-bond donors (Lipinski definition) is 2. The van der Waals surface area contributed by atoms with Crippen molar-refractivity contribution < 1.29 is 14.3 Å². The van der Waals surface area contributed by atoms with Gasteiger partial charge in [-0.15, -0.1) is 22.7 Å². The molecule has 150 valence electrons. The third-order valence-corrected chi connectivity index (χ3v) is 6.33. The first-order valence-corrected chi connectivity index (χ1v) is 11.1. The number of thiophene rings is 1. The molecule has 29 heavy (non-hydrogen) atoms. The standard InChI is InChI=1S/C21H21N3O3S2/c1-12(2)18(23-19(25)17-4-3-9-28-17)20(26)24-21-22-15(11-29-21)13-5-6-16-14(10-13)7-8-27-16/h3-6,9-12,18H,7-8H2,1-2H3,(H,23,25)(H,22,24,26). The van der Waals surface area contributed by atoms with Gasteiger partial charge in [-0.25, -0.2) is 4.98 Å². The number of thiazole rings is 1.